The summed E-state index contributed by atoms with van der Waals surface area (Å²) in [6.07, 6.45) is 7.77. The van der Waals surface area contributed by atoms with Gasteiger partial charge in [-0.15, -0.1) is 0 Å². The Bertz CT molecular complexity index is 634. The maximum atomic E-state index is 2.28. The van der Waals surface area contributed by atoms with Crippen molar-refractivity contribution in [3.8, 4) is 0 Å². The van der Waals surface area contributed by atoms with Crippen LogP contribution in [0, 0.1) is 13.8 Å². The summed E-state index contributed by atoms with van der Waals surface area (Å²) in [7, 11) is 0. The highest BCUT2D eigenvalue weighted by Gasteiger charge is 2.26. The highest BCUT2D eigenvalue weighted by atomic mass is 14.1. The van der Waals surface area contributed by atoms with Crippen LogP contribution in [0.5, 0.6) is 0 Å². The van der Waals surface area contributed by atoms with Crippen LogP contribution in [0.3, 0.4) is 0 Å². The molecular formula is C19H19B. The van der Waals surface area contributed by atoms with Gasteiger partial charge in [-0.1, -0.05) is 94.3 Å². The summed E-state index contributed by atoms with van der Waals surface area (Å²) in [6, 6.07) is 17.5. The van der Waals surface area contributed by atoms with Crippen molar-refractivity contribution in [3.05, 3.63) is 83.4 Å². The van der Waals surface area contributed by atoms with Gasteiger partial charge in [0, 0.05) is 0 Å². The second-order valence-corrected chi connectivity index (χ2v) is 5.52. The second-order valence-electron chi connectivity index (χ2n) is 5.52. The standard InChI is InChI=1S/C19H19B/c1-15-9-3-7-13-18(15)20(17-11-5-6-12-17)19-14-8-4-10-16(19)2/h3-11,13-14H,12H2,1-2H3. The van der Waals surface area contributed by atoms with E-state index in [0.717, 1.165) is 6.42 Å². The molecule has 1 aliphatic carbocycles. The molecule has 0 heterocycles. The largest absolute Gasteiger partial charge is 0.238 e. The fraction of sp³-hybridized carbons (Fsp3) is 0.158. The zero-order valence-electron chi connectivity index (χ0n) is 12.1. The molecule has 0 aliphatic heterocycles. The van der Waals surface area contributed by atoms with Crippen LogP contribution in [-0.4, -0.2) is 6.71 Å². The summed E-state index contributed by atoms with van der Waals surface area (Å²) in [4.78, 5) is 0. The molecule has 98 valence electrons. The normalized spacial score (nSPS) is 13.4. The smallest absolute Gasteiger partial charge is 0.0870 e. The van der Waals surface area contributed by atoms with E-state index in [1.54, 1.807) is 0 Å². The van der Waals surface area contributed by atoms with Gasteiger partial charge in [0.1, 0.15) is 0 Å². The molecule has 20 heavy (non-hydrogen) atoms. The van der Waals surface area contributed by atoms with Crippen LogP contribution in [0.4, 0.5) is 0 Å². The lowest BCUT2D eigenvalue weighted by Crippen LogP contribution is -2.46. The van der Waals surface area contributed by atoms with Crippen LogP contribution in [0.25, 0.3) is 0 Å². The zero-order valence-corrected chi connectivity index (χ0v) is 12.1. The Morgan fingerprint density at radius 2 is 1.35 bits per heavy atom. The Kier molecular flexibility index (Phi) is 3.60. The number of rotatable bonds is 3. The molecule has 0 saturated heterocycles. The van der Waals surface area contributed by atoms with Crippen LogP contribution in [0.1, 0.15) is 17.5 Å². The Balaban J connectivity index is 2.15. The molecule has 2 aromatic carbocycles. The molecule has 0 fully saturated rings. The van der Waals surface area contributed by atoms with Gasteiger partial charge in [-0.3, -0.25) is 0 Å². The lowest BCUT2D eigenvalue weighted by Gasteiger charge is -2.20. The first kappa shape index (κ1) is 13.0. The van der Waals surface area contributed by atoms with Crippen LogP contribution in [-0.2, 0) is 0 Å². The molecule has 2 aromatic rings. The summed E-state index contributed by atoms with van der Waals surface area (Å²) in [5.41, 5.74) is 7.09. The average Bonchev–Trinajstić information content (AvgIpc) is 2.97. The van der Waals surface area contributed by atoms with Gasteiger partial charge in [0.25, 0.3) is 0 Å². The van der Waals surface area contributed by atoms with Gasteiger partial charge >= 0.3 is 0 Å². The number of hydrogen-bond acceptors (Lipinski definition) is 0. The zero-order chi connectivity index (χ0) is 13.9. The van der Waals surface area contributed by atoms with Gasteiger partial charge < -0.3 is 0 Å². The van der Waals surface area contributed by atoms with Gasteiger partial charge in [0.15, 0.2) is 0 Å². The van der Waals surface area contributed by atoms with Crippen molar-refractivity contribution in [2.75, 3.05) is 0 Å². The molecule has 0 atom stereocenters. The third-order valence-corrected chi connectivity index (χ3v) is 4.17. The minimum Gasteiger partial charge on any atom is -0.0870 e. The van der Waals surface area contributed by atoms with Crippen molar-refractivity contribution in [2.45, 2.75) is 20.3 Å². The van der Waals surface area contributed by atoms with Crippen LogP contribution in [0.15, 0.2) is 72.2 Å². The van der Waals surface area contributed by atoms with E-state index >= 15 is 0 Å². The first-order chi connectivity index (χ1) is 9.77. The molecule has 1 aliphatic rings. The van der Waals surface area contributed by atoms with Crippen molar-refractivity contribution in [1.29, 1.82) is 0 Å². The maximum Gasteiger partial charge on any atom is 0.238 e. The van der Waals surface area contributed by atoms with E-state index in [1.807, 2.05) is 0 Å². The minimum absolute atomic E-state index is 0.382. The van der Waals surface area contributed by atoms with E-state index in [1.165, 1.54) is 27.5 Å². The average molecular weight is 258 g/mol. The molecular weight excluding hydrogens is 239 g/mol. The quantitative estimate of drug-likeness (QED) is 0.741. The Morgan fingerprint density at radius 3 is 1.80 bits per heavy atom. The van der Waals surface area contributed by atoms with Crippen molar-refractivity contribution < 1.29 is 0 Å². The summed E-state index contributed by atoms with van der Waals surface area (Å²) in [5, 5.41) is 0. The van der Waals surface area contributed by atoms with E-state index in [2.05, 4.69) is 80.6 Å². The van der Waals surface area contributed by atoms with Crippen LogP contribution >= 0.6 is 0 Å². The van der Waals surface area contributed by atoms with Crippen LogP contribution < -0.4 is 10.9 Å². The molecule has 0 saturated carbocycles. The first-order valence-corrected chi connectivity index (χ1v) is 7.24. The summed E-state index contributed by atoms with van der Waals surface area (Å²) in [6.45, 7) is 4.81. The van der Waals surface area contributed by atoms with E-state index < -0.39 is 0 Å². The number of benzene rings is 2. The molecule has 1 heteroatoms. The molecule has 3 rings (SSSR count). The van der Waals surface area contributed by atoms with Gasteiger partial charge in [0.05, 0.1) is 0 Å². The third-order valence-electron chi connectivity index (χ3n) is 4.17. The van der Waals surface area contributed by atoms with Gasteiger partial charge in [-0.05, 0) is 20.3 Å². The second kappa shape index (κ2) is 5.54. The topological polar surface area (TPSA) is 0 Å². The molecule has 0 N–H and O–H groups in total. The molecule has 0 bridgehead atoms. The molecule has 0 radical (unpaired) electrons. The molecule has 0 aromatic heterocycles. The maximum absolute atomic E-state index is 2.28. The summed E-state index contributed by atoms with van der Waals surface area (Å²) >= 11 is 0. The van der Waals surface area contributed by atoms with Gasteiger partial charge in [-0.2, -0.15) is 0 Å². The van der Waals surface area contributed by atoms with Gasteiger partial charge in [-0.25, -0.2) is 0 Å². The predicted octanol–water partition coefficient (Wildman–Crippen LogP) is 3.34. The minimum atomic E-state index is 0.382. The first-order valence-electron chi connectivity index (χ1n) is 7.24. The SMILES string of the molecule is Cc1ccccc1B(C1=CC=CC1)c1ccccc1C. The Hall–Kier alpha value is -2.02. The lowest BCUT2D eigenvalue weighted by molar-refractivity contribution is 1.38. The number of allylic oxidation sites excluding steroid dienone is 4. The predicted molar refractivity (Wildman–Crippen MR) is 89.2 cm³/mol. The van der Waals surface area contributed by atoms with E-state index in [0.29, 0.717) is 6.71 Å². The van der Waals surface area contributed by atoms with Crippen molar-refractivity contribution in [1.82, 2.24) is 0 Å². The number of hydrogen-bond donors (Lipinski definition) is 0. The van der Waals surface area contributed by atoms with E-state index in [4.69, 9.17) is 0 Å². The van der Waals surface area contributed by atoms with Crippen LogP contribution in [0.2, 0.25) is 0 Å². The van der Waals surface area contributed by atoms with E-state index in [9.17, 15) is 0 Å². The van der Waals surface area contributed by atoms with Crippen molar-refractivity contribution in [3.63, 3.8) is 0 Å². The molecule has 0 unspecified atom stereocenters. The monoisotopic (exact) mass is 258 g/mol. The molecule has 0 spiro atoms. The molecule has 0 nitrogen and oxygen atoms in total. The molecule has 0 amide bonds. The lowest BCUT2D eigenvalue weighted by atomic mass is 9.35. The van der Waals surface area contributed by atoms with E-state index in [-0.39, 0.29) is 0 Å². The summed E-state index contributed by atoms with van der Waals surface area (Å²) in [5.74, 6) is 0. The Morgan fingerprint density at radius 1 is 0.800 bits per heavy atom. The highest BCUT2D eigenvalue weighted by Crippen LogP contribution is 2.16. The summed E-state index contributed by atoms with van der Waals surface area (Å²) < 4.78 is 0. The number of aryl methyl sites for hydroxylation is 2. The van der Waals surface area contributed by atoms with Gasteiger partial charge in [0.2, 0.25) is 6.71 Å². The fourth-order valence-electron chi connectivity index (χ4n) is 3.07. The highest BCUT2D eigenvalue weighted by molar-refractivity contribution is 6.91. The fourth-order valence-corrected chi connectivity index (χ4v) is 3.07. The van der Waals surface area contributed by atoms with Crippen molar-refractivity contribution >= 4 is 17.6 Å². The Labute approximate surface area is 121 Å². The van der Waals surface area contributed by atoms with Crippen molar-refractivity contribution in [2.24, 2.45) is 0 Å². The third kappa shape index (κ3) is 2.36.